The van der Waals surface area contributed by atoms with E-state index in [1.807, 2.05) is 30.3 Å². The molecule has 23 heavy (non-hydrogen) atoms. The summed E-state index contributed by atoms with van der Waals surface area (Å²) in [7, 11) is 1.60. The molecule has 1 aliphatic carbocycles. The maximum absolute atomic E-state index is 12.6. The summed E-state index contributed by atoms with van der Waals surface area (Å²) >= 11 is 0. The minimum atomic E-state index is -0.906. The van der Waals surface area contributed by atoms with E-state index in [0.29, 0.717) is 24.2 Å². The molecule has 0 saturated carbocycles. The maximum atomic E-state index is 12.6. The van der Waals surface area contributed by atoms with Crippen LogP contribution in [0.1, 0.15) is 37.4 Å². The Hall–Kier alpha value is -2.14. The summed E-state index contributed by atoms with van der Waals surface area (Å²) in [5.41, 5.74) is 1.52. The molecule has 0 radical (unpaired) electrons. The van der Waals surface area contributed by atoms with E-state index in [-0.39, 0.29) is 36.8 Å². The van der Waals surface area contributed by atoms with Crippen LogP contribution in [-0.2, 0) is 19.1 Å². The highest BCUT2D eigenvalue weighted by Crippen LogP contribution is 2.42. The van der Waals surface area contributed by atoms with Gasteiger partial charge < -0.3 is 14.6 Å². The summed E-state index contributed by atoms with van der Waals surface area (Å²) in [6.07, 6.45) is 0.855. The van der Waals surface area contributed by atoms with E-state index >= 15 is 0 Å². The number of carboxylic acids is 1. The van der Waals surface area contributed by atoms with Crippen molar-refractivity contribution < 1.29 is 24.2 Å². The van der Waals surface area contributed by atoms with Crippen molar-refractivity contribution in [3.8, 4) is 0 Å². The predicted octanol–water partition coefficient (Wildman–Crippen LogP) is 2.87. The van der Waals surface area contributed by atoms with Crippen LogP contribution in [0.5, 0.6) is 0 Å². The molecular weight excluding hydrogens is 296 g/mol. The van der Waals surface area contributed by atoms with Crippen molar-refractivity contribution in [2.75, 3.05) is 7.11 Å². The Labute approximate surface area is 134 Å². The lowest BCUT2D eigenvalue weighted by Crippen LogP contribution is -2.34. The summed E-state index contributed by atoms with van der Waals surface area (Å²) < 4.78 is 11.5. The van der Waals surface area contributed by atoms with Gasteiger partial charge >= 0.3 is 5.97 Å². The van der Waals surface area contributed by atoms with Crippen molar-refractivity contribution in [1.82, 2.24) is 0 Å². The number of ketones is 1. The summed E-state index contributed by atoms with van der Waals surface area (Å²) in [6.45, 7) is 0. The molecule has 0 spiro atoms. The molecule has 1 N–H and O–H groups in total. The van der Waals surface area contributed by atoms with Crippen LogP contribution in [0, 0.1) is 5.92 Å². The zero-order valence-electron chi connectivity index (χ0n) is 13.0. The van der Waals surface area contributed by atoms with E-state index in [0.717, 1.165) is 5.56 Å². The molecule has 5 heteroatoms. The summed E-state index contributed by atoms with van der Waals surface area (Å²) in [5, 5.41) is 9.12. The van der Waals surface area contributed by atoms with Crippen LogP contribution >= 0.6 is 0 Å². The third-order valence-corrected chi connectivity index (χ3v) is 4.55. The molecule has 122 valence electrons. The van der Waals surface area contributed by atoms with Gasteiger partial charge in [-0.25, -0.2) is 0 Å². The normalized spacial score (nSPS) is 27.3. The van der Waals surface area contributed by atoms with Crippen LogP contribution in [0.3, 0.4) is 0 Å². The van der Waals surface area contributed by atoms with Crippen LogP contribution in [0.15, 0.2) is 41.7 Å². The van der Waals surface area contributed by atoms with Crippen LogP contribution < -0.4 is 0 Å². The monoisotopic (exact) mass is 316 g/mol. The van der Waals surface area contributed by atoms with E-state index in [1.54, 1.807) is 7.11 Å². The molecule has 3 rings (SSSR count). The van der Waals surface area contributed by atoms with Crippen molar-refractivity contribution >= 4 is 11.8 Å². The lowest BCUT2D eigenvalue weighted by molar-refractivity contribution is -0.138. The molecule has 5 nitrogen and oxygen atoms in total. The van der Waals surface area contributed by atoms with Gasteiger partial charge in [-0.1, -0.05) is 30.3 Å². The molecule has 3 atom stereocenters. The lowest BCUT2D eigenvalue weighted by Gasteiger charge is -2.37. The number of ether oxygens (including phenoxy) is 2. The fraction of sp³-hybridized carbons (Fsp3) is 0.444. The standard InChI is InChI=1S/C18H20O5/c1-22-13-7-12(8-17(20)21)18-14(19)10-15(23-16(18)9-13)11-5-3-2-4-6-11/h2-6,12-13,15H,7-10H2,1H3,(H,20,21). The average Bonchev–Trinajstić information content (AvgIpc) is 2.54. The molecule has 1 aromatic carbocycles. The number of carbonyl (C=O) groups excluding carboxylic acids is 1. The van der Waals surface area contributed by atoms with Crippen molar-refractivity contribution in [3.05, 3.63) is 47.2 Å². The van der Waals surface area contributed by atoms with E-state index in [9.17, 15) is 9.59 Å². The van der Waals surface area contributed by atoms with Gasteiger partial charge in [-0.05, 0) is 12.0 Å². The van der Waals surface area contributed by atoms with E-state index in [4.69, 9.17) is 14.6 Å². The zero-order chi connectivity index (χ0) is 16.4. The minimum Gasteiger partial charge on any atom is -0.489 e. The highest BCUT2D eigenvalue weighted by Gasteiger charge is 2.40. The number of methoxy groups -OCH3 is 1. The highest BCUT2D eigenvalue weighted by molar-refractivity contribution is 5.98. The second kappa shape index (κ2) is 6.54. The Bertz CT molecular complexity index is 634. The summed E-state index contributed by atoms with van der Waals surface area (Å²) in [4.78, 5) is 23.7. The van der Waals surface area contributed by atoms with Gasteiger partial charge in [-0.2, -0.15) is 0 Å². The van der Waals surface area contributed by atoms with Crippen molar-refractivity contribution in [3.63, 3.8) is 0 Å². The number of hydrogen-bond donors (Lipinski definition) is 1. The Morgan fingerprint density at radius 3 is 2.70 bits per heavy atom. The van der Waals surface area contributed by atoms with Crippen molar-refractivity contribution in [2.45, 2.75) is 37.9 Å². The van der Waals surface area contributed by atoms with E-state index in [1.165, 1.54) is 0 Å². The first-order chi connectivity index (χ1) is 11.1. The van der Waals surface area contributed by atoms with Gasteiger partial charge in [0.2, 0.25) is 0 Å². The summed E-state index contributed by atoms with van der Waals surface area (Å²) in [6, 6.07) is 9.63. The zero-order valence-corrected chi connectivity index (χ0v) is 13.0. The third kappa shape index (κ3) is 3.29. The van der Waals surface area contributed by atoms with Crippen molar-refractivity contribution in [1.29, 1.82) is 0 Å². The number of allylic oxidation sites excluding steroid dienone is 1. The third-order valence-electron chi connectivity index (χ3n) is 4.55. The number of carboxylic acid groups (broad SMARTS) is 1. The molecular formula is C18H20O5. The van der Waals surface area contributed by atoms with Gasteiger partial charge in [0.05, 0.1) is 18.9 Å². The molecule has 0 aromatic heterocycles. The first-order valence-corrected chi connectivity index (χ1v) is 7.81. The molecule has 3 unspecified atom stereocenters. The van der Waals surface area contributed by atoms with Crippen LogP contribution in [0.25, 0.3) is 0 Å². The Morgan fingerprint density at radius 1 is 1.30 bits per heavy atom. The molecule has 0 fully saturated rings. The Morgan fingerprint density at radius 2 is 2.04 bits per heavy atom. The molecule has 1 heterocycles. The summed E-state index contributed by atoms with van der Waals surface area (Å²) in [5.74, 6) is -0.623. The van der Waals surface area contributed by atoms with Gasteiger partial charge in [0.25, 0.3) is 0 Å². The first-order valence-electron chi connectivity index (χ1n) is 7.81. The van der Waals surface area contributed by atoms with Gasteiger partial charge in [0.15, 0.2) is 5.78 Å². The lowest BCUT2D eigenvalue weighted by atomic mass is 9.78. The SMILES string of the molecule is COC1CC2=C(C(=O)CC(c3ccccc3)O2)C(CC(=O)O)C1. The molecule has 0 bridgehead atoms. The highest BCUT2D eigenvalue weighted by atomic mass is 16.5. The van der Waals surface area contributed by atoms with Crippen LogP contribution in [0.2, 0.25) is 0 Å². The van der Waals surface area contributed by atoms with Gasteiger partial charge in [0.1, 0.15) is 11.9 Å². The van der Waals surface area contributed by atoms with Gasteiger partial charge in [0, 0.05) is 25.0 Å². The average molecular weight is 316 g/mol. The van der Waals surface area contributed by atoms with Gasteiger partial charge in [-0.15, -0.1) is 0 Å². The number of Topliss-reactive ketones (excluding diaryl/α,β-unsaturated/α-hetero) is 1. The smallest absolute Gasteiger partial charge is 0.303 e. The van der Waals surface area contributed by atoms with Gasteiger partial charge in [-0.3, -0.25) is 9.59 Å². The number of rotatable bonds is 4. The molecule has 2 aliphatic rings. The topological polar surface area (TPSA) is 72.8 Å². The fourth-order valence-corrected chi connectivity index (χ4v) is 3.48. The predicted molar refractivity (Wildman–Crippen MR) is 82.7 cm³/mol. The maximum Gasteiger partial charge on any atom is 0.303 e. The van der Waals surface area contributed by atoms with Crippen LogP contribution in [-0.4, -0.2) is 30.1 Å². The quantitative estimate of drug-likeness (QED) is 0.924. The minimum absolute atomic E-state index is 0.000839. The number of carbonyl (C=O) groups is 2. The van der Waals surface area contributed by atoms with E-state index < -0.39 is 5.97 Å². The van der Waals surface area contributed by atoms with Crippen molar-refractivity contribution in [2.24, 2.45) is 5.92 Å². The fourth-order valence-electron chi connectivity index (χ4n) is 3.48. The molecule has 1 aromatic rings. The molecule has 0 amide bonds. The Kier molecular flexibility index (Phi) is 4.48. The number of hydrogen-bond acceptors (Lipinski definition) is 4. The number of benzene rings is 1. The second-order valence-corrected chi connectivity index (χ2v) is 6.07. The Balaban J connectivity index is 1.90. The van der Waals surface area contributed by atoms with E-state index in [2.05, 4.69) is 0 Å². The second-order valence-electron chi connectivity index (χ2n) is 6.07. The molecule has 1 aliphatic heterocycles. The largest absolute Gasteiger partial charge is 0.489 e. The van der Waals surface area contributed by atoms with Crippen LogP contribution in [0.4, 0.5) is 0 Å². The number of aliphatic carboxylic acids is 1. The first kappa shape index (κ1) is 15.7. The molecule has 0 saturated heterocycles.